The molecular weight excluding hydrogens is 134 g/mol. The summed E-state index contributed by atoms with van der Waals surface area (Å²) in [5.41, 5.74) is 0.357. The Kier molecular flexibility index (Phi) is 4.09. The van der Waals surface area contributed by atoms with Crippen LogP contribution < -0.4 is 0 Å². The molecule has 1 heteroatoms. The third-order valence-electron chi connectivity index (χ3n) is 3.07. The maximum absolute atomic E-state index is 2.47. The Balaban J connectivity index is 4.10. The molecule has 0 amide bonds. The van der Waals surface area contributed by atoms with E-state index in [0.717, 1.165) is 0 Å². The van der Waals surface area contributed by atoms with Crippen molar-refractivity contribution in [1.82, 2.24) is 4.90 Å². The van der Waals surface area contributed by atoms with Gasteiger partial charge in [-0.15, -0.1) is 0 Å². The van der Waals surface area contributed by atoms with Crippen LogP contribution in [0.4, 0.5) is 0 Å². The van der Waals surface area contributed by atoms with Crippen molar-refractivity contribution in [2.75, 3.05) is 7.05 Å². The molecule has 1 unspecified atom stereocenters. The van der Waals surface area contributed by atoms with E-state index in [2.05, 4.69) is 46.6 Å². The quantitative estimate of drug-likeness (QED) is 0.606. The van der Waals surface area contributed by atoms with Crippen LogP contribution in [0, 0.1) is 0 Å². The summed E-state index contributed by atoms with van der Waals surface area (Å²) in [4.78, 5) is 2.47. The fraction of sp³-hybridized carbons (Fsp3) is 1.00. The zero-order valence-corrected chi connectivity index (χ0v) is 8.94. The molecule has 11 heavy (non-hydrogen) atoms. The standard InChI is InChI=1S/C10H23N/c1-7-9(3)11(6)10(4,5)8-2/h9H,7-8H2,1-6H3. The first kappa shape index (κ1) is 11.0. The molecule has 0 aromatic carbocycles. The largest absolute Gasteiger partial charge is 0.299 e. The van der Waals surface area contributed by atoms with E-state index in [9.17, 15) is 0 Å². The zero-order chi connectivity index (χ0) is 9.07. The van der Waals surface area contributed by atoms with Crippen LogP contribution >= 0.6 is 0 Å². The second kappa shape index (κ2) is 4.10. The lowest BCUT2D eigenvalue weighted by molar-refractivity contribution is 0.104. The van der Waals surface area contributed by atoms with Gasteiger partial charge in [-0.2, -0.15) is 0 Å². The highest BCUT2D eigenvalue weighted by Gasteiger charge is 2.23. The van der Waals surface area contributed by atoms with E-state index < -0.39 is 0 Å². The lowest BCUT2D eigenvalue weighted by Gasteiger charge is -2.39. The monoisotopic (exact) mass is 157 g/mol. The molecule has 0 saturated carbocycles. The Hall–Kier alpha value is -0.0400. The minimum absolute atomic E-state index is 0.357. The number of nitrogens with zero attached hydrogens (tertiary/aromatic N) is 1. The third kappa shape index (κ3) is 2.82. The molecule has 0 bridgehead atoms. The van der Waals surface area contributed by atoms with Crippen molar-refractivity contribution in [1.29, 1.82) is 0 Å². The van der Waals surface area contributed by atoms with Crippen molar-refractivity contribution in [2.24, 2.45) is 0 Å². The second-order valence-corrected chi connectivity index (χ2v) is 4.03. The van der Waals surface area contributed by atoms with Gasteiger partial charge in [-0.05, 0) is 40.7 Å². The Morgan fingerprint density at radius 1 is 1.27 bits per heavy atom. The molecule has 0 aliphatic rings. The molecule has 1 atom stereocenters. The van der Waals surface area contributed by atoms with Crippen LogP contribution in [0.5, 0.6) is 0 Å². The highest BCUT2D eigenvalue weighted by atomic mass is 15.2. The molecule has 0 aromatic rings. The van der Waals surface area contributed by atoms with Gasteiger partial charge in [0.05, 0.1) is 0 Å². The number of hydrogen-bond acceptors (Lipinski definition) is 1. The molecule has 0 radical (unpaired) electrons. The molecule has 0 aliphatic heterocycles. The van der Waals surface area contributed by atoms with Gasteiger partial charge in [-0.3, -0.25) is 4.90 Å². The lowest BCUT2D eigenvalue weighted by atomic mass is 9.97. The minimum atomic E-state index is 0.357. The fourth-order valence-corrected chi connectivity index (χ4v) is 1.12. The van der Waals surface area contributed by atoms with Gasteiger partial charge in [0.15, 0.2) is 0 Å². The molecule has 0 aliphatic carbocycles. The summed E-state index contributed by atoms with van der Waals surface area (Å²) in [5, 5.41) is 0. The van der Waals surface area contributed by atoms with Crippen LogP contribution in [0.2, 0.25) is 0 Å². The van der Waals surface area contributed by atoms with Crippen molar-refractivity contribution in [3.05, 3.63) is 0 Å². The Morgan fingerprint density at radius 3 is 2.00 bits per heavy atom. The van der Waals surface area contributed by atoms with Crippen molar-refractivity contribution in [3.8, 4) is 0 Å². The first-order valence-electron chi connectivity index (χ1n) is 4.68. The molecule has 0 saturated heterocycles. The van der Waals surface area contributed by atoms with Gasteiger partial charge < -0.3 is 0 Å². The summed E-state index contributed by atoms with van der Waals surface area (Å²) in [5.74, 6) is 0. The first-order chi connectivity index (χ1) is 4.95. The van der Waals surface area contributed by atoms with Gasteiger partial charge in [-0.1, -0.05) is 13.8 Å². The molecule has 0 rings (SSSR count). The van der Waals surface area contributed by atoms with Crippen LogP contribution in [-0.4, -0.2) is 23.5 Å². The lowest BCUT2D eigenvalue weighted by Crippen LogP contribution is -2.45. The van der Waals surface area contributed by atoms with Crippen molar-refractivity contribution < 1.29 is 0 Å². The predicted octanol–water partition coefficient (Wildman–Crippen LogP) is 2.91. The van der Waals surface area contributed by atoms with E-state index in [4.69, 9.17) is 0 Å². The molecule has 0 N–H and O–H groups in total. The van der Waals surface area contributed by atoms with E-state index in [1.807, 2.05) is 0 Å². The minimum Gasteiger partial charge on any atom is -0.299 e. The molecule has 0 heterocycles. The SMILES string of the molecule is CCC(C)N(C)C(C)(C)CC. The Labute approximate surface area is 71.8 Å². The molecule has 0 fully saturated rings. The second-order valence-electron chi connectivity index (χ2n) is 4.03. The van der Waals surface area contributed by atoms with Crippen molar-refractivity contribution in [2.45, 2.75) is 59.0 Å². The van der Waals surface area contributed by atoms with Gasteiger partial charge in [0, 0.05) is 11.6 Å². The molecule has 68 valence electrons. The summed E-state index contributed by atoms with van der Waals surface area (Å²) >= 11 is 0. The summed E-state index contributed by atoms with van der Waals surface area (Å²) in [7, 11) is 2.22. The first-order valence-corrected chi connectivity index (χ1v) is 4.68. The van der Waals surface area contributed by atoms with Crippen LogP contribution in [0.1, 0.15) is 47.5 Å². The number of rotatable bonds is 4. The fourth-order valence-electron chi connectivity index (χ4n) is 1.12. The third-order valence-corrected chi connectivity index (χ3v) is 3.07. The highest BCUT2D eigenvalue weighted by molar-refractivity contribution is 4.80. The van der Waals surface area contributed by atoms with E-state index >= 15 is 0 Å². The van der Waals surface area contributed by atoms with Crippen molar-refractivity contribution >= 4 is 0 Å². The summed E-state index contributed by atoms with van der Waals surface area (Å²) in [6, 6.07) is 0.699. The summed E-state index contributed by atoms with van der Waals surface area (Å²) < 4.78 is 0. The van der Waals surface area contributed by atoms with Gasteiger partial charge in [0.2, 0.25) is 0 Å². The van der Waals surface area contributed by atoms with Crippen LogP contribution in [0.25, 0.3) is 0 Å². The Bertz CT molecular complexity index is 107. The smallest absolute Gasteiger partial charge is 0.0150 e. The van der Waals surface area contributed by atoms with Crippen LogP contribution in [-0.2, 0) is 0 Å². The van der Waals surface area contributed by atoms with Gasteiger partial charge in [-0.25, -0.2) is 0 Å². The molecule has 0 aromatic heterocycles. The van der Waals surface area contributed by atoms with E-state index in [1.165, 1.54) is 12.8 Å². The van der Waals surface area contributed by atoms with E-state index in [-0.39, 0.29) is 0 Å². The molecule has 0 spiro atoms. The molecular formula is C10H23N. The van der Waals surface area contributed by atoms with E-state index in [1.54, 1.807) is 0 Å². The van der Waals surface area contributed by atoms with Crippen molar-refractivity contribution in [3.63, 3.8) is 0 Å². The van der Waals surface area contributed by atoms with Crippen LogP contribution in [0.15, 0.2) is 0 Å². The highest BCUT2D eigenvalue weighted by Crippen LogP contribution is 2.19. The maximum atomic E-state index is 2.47. The predicted molar refractivity (Wildman–Crippen MR) is 51.9 cm³/mol. The van der Waals surface area contributed by atoms with Gasteiger partial charge >= 0.3 is 0 Å². The van der Waals surface area contributed by atoms with Crippen LogP contribution in [0.3, 0.4) is 0 Å². The summed E-state index contributed by atoms with van der Waals surface area (Å²) in [6.45, 7) is 11.4. The van der Waals surface area contributed by atoms with Gasteiger partial charge in [0.1, 0.15) is 0 Å². The Morgan fingerprint density at radius 2 is 1.73 bits per heavy atom. The zero-order valence-electron chi connectivity index (χ0n) is 8.94. The summed E-state index contributed by atoms with van der Waals surface area (Å²) in [6.07, 6.45) is 2.45. The normalized spacial score (nSPS) is 15.5. The maximum Gasteiger partial charge on any atom is 0.0150 e. The van der Waals surface area contributed by atoms with Gasteiger partial charge in [0.25, 0.3) is 0 Å². The van der Waals surface area contributed by atoms with E-state index in [0.29, 0.717) is 11.6 Å². The topological polar surface area (TPSA) is 3.24 Å². The average molecular weight is 157 g/mol. The molecule has 1 nitrogen and oxygen atoms in total. The number of hydrogen-bond donors (Lipinski definition) is 0. The average Bonchev–Trinajstić information content (AvgIpc) is 2.01.